The minimum Gasteiger partial charge on any atom is -0.443 e. The Labute approximate surface area is 120 Å². The molecule has 1 amide bonds. The fourth-order valence-corrected chi connectivity index (χ4v) is 1.83. The first-order valence-corrected chi connectivity index (χ1v) is 7.18. The summed E-state index contributed by atoms with van der Waals surface area (Å²) in [7, 11) is 0. The maximum atomic E-state index is 12.9. The quantitative estimate of drug-likeness (QED) is 0.599. The summed E-state index contributed by atoms with van der Waals surface area (Å²) < 4.78 is 19.0. The number of hydrogen-bond acceptors (Lipinski definition) is 2. The molecular formula is C13H17FINO2. The SMILES string of the molecule is CC(C)(C)OC(=O)N(CCI)c1ccc(F)cc1. The number of amides is 1. The van der Waals surface area contributed by atoms with Gasteiger partial charge < -0.3 is 4.74 Å². The molecule has 0 fully saturated rings. The molecule has 0 spiro atoms. The number of benzene rings is 1. The molecule has 0 aliphatic carbocycles. The lowest BCUT2D eigenvalue weighted by molar-refractivity contribution is 0.0583. The average Bonchev–Trinajstić information content (AvgIpc) is 2.25. The second-order valence-corrected chi connectivity index (χ2v) is 5.88. The van der Waals surface area contributed by atoms with E-state index in [-0.39, 0.29) is 5.82 Å². The molecule has 0 aliphatic heterocycles. The van der Waals surface area contributed by atoms with Crippen LogP contribution in [0.2, 0.25) is 0 Å². The first kappa shape index (κ1) is 15.2. The highest BCUT2D eigenvalue weighted by Gasteiger charge is 2.22. The van der Waals surface area contributed by atoms with Gasteiger partial charge in [0.2, 0.25) is 0 Å². The maximum absolute atomic E-state index is 12.9. The predicted molar refractivity (Wildman–Crippen MR) is 78.9 cm³/mol. The third-order valence-electron chi connectivity index (χ3n) is 2.06. The van der Waals surface area contributed by atoms with Crippen molar-refractivity contribution in [2.45, 2.75) is 26.4 Å². The number of halogens is 2. The van der Waals surface area contributed by atoms with Gasteiger partial charge in [0.1, 0.15) is 11.4 Å². The second-order valence-electron chi connectivity index (χ2n) is 4.80. The third kappa shape index (κ3) is 4.80. The molecule has 0 saturated carbocycles. The van der Waals surface area contributed by atoms with Crippen LogP contribution in [0.15, 0.2) is 24.3 Å². The van der Waals surface area contributed by atoms with E-state index in [0.717, 1.165) is 4.43 Å². The fraction of sp³-hybridized carbons (Fsp3) is 0.462. The summed E-state index contributed by atoms with van der Waals surface area (Å²) in [4.78, 5) is 13.6. The van der Waals surface area contributed by atoms with E-state index in [2.05, 4.69) is 22.6 Å². The van der Waals surface area contributed by atoms with Crippen LogP contribution in [-0.2, 0) is 4.74 Å². The van der Waals surface area contributed by atoms with Crippen molar-refractivity contribution in [2.75, 3.05) is 15.9 Å². The number of rotatable bonds is 3. The van der Waals surface area contributed by atoms with E-state index >= 15 is 0 Å². The van der Waals surface area contributed by atoms with Gasteiger partial charge in [0.25, 0.3) is 0 Å². The molecule has 0 aliphatic rings. The zero-order valence-corrected chi connectivity index (χ0v) is 12.9. The van der Waals surface area contributed by atoms with Gasteiger partial charge in [-0.1, -0.05) is 22.6 Å². The summed E-state index contributed by atoms with van der Waals surface area (Å²) in [5, 5.41) is 0. The number of carbonyl (C=O) groups is 1. The largest absolute Gasteiger partial charge is 0.443 e. The molecule has 5 heteroatoms. The lowest BCUT2D eigenvalue weighted by atomic mass is 10.2. The first-order valence-electron chi connectivity index (χ1n) is 5.65. The van der Waals surface area contributed by atoms with Crippen LogP contribution in [0, 0.1) is 5.82 Å². The molecule has 0 aromatic heterocycles. The normalized spacial score (nSPS) is 11.2. The number of alkyl halides is 1. The van der Waals surface area contributed by atoms with E-state index < -0.39 is 11.7 Å². The second kappa shape index (κ2) is 6.36. The minimum atomic E-state index is -0.541. The number of nitrogens with zero attached hydrogens (tertiary/aromatic N) is 1. The molecule has 0 atom stereocenters. The van der Waals surface area contributed by atoms with E-state index in [0.29, 0.717) is 12.2 Å². The molecule has 0 saturated heterocycles. The summed E-state index contributed by atoms with van der Waals surface area (Å²) in [6.07, 6.45) is -0.411. The van der Waals surface area contributed by atoms with Crippen LogP contribution in [0.4, 0.5) is 14.9 Å². The fourth-order valence-electron chi connectivity index (χ4n) is 1.35. The number of anilines is 1. The molecule has 0 heterocycles. The smallest absolute Gasteiger partial charge is 0.414 e. The van der Waals surface area contributed by atoms with Crippen LogP contribution in [0.1, 0.15) is 20.8 Å². The lowest BCUT2D eigenvalue weighted by Crippen LogP contribution is -2.38. The van der Waals surface area contributed by atoms with Crippen molar-refractivity contribution in [3.63, 3.8) is 0 Å². The van der Waals surface area contributed by atoms with Crippen molar-refractivity contribution in [1.82, 2.24) is 0 Å². The van der Waals surface area contributed by atoms with Crippen molar-refractivity contribution in [1.29, 1.82) is 0 Å². The Balaban J connectivity index is 2.88. The summed E-state index contributed by atoms with van der Waals surface area (Å²) >= 11 is 2.18. The van der Waals surface area contributed by atoms with Crippen LogP contribution < -0.4 is 4.90 Å². The Kier molecular flexibility index (Phi) is 5.37. The molecule has 1 aromatic rings. The van der Waals surface area contributed by atoms with Gasteiger partial charge in [-0.05, 0) is 45.0 Å². The minimum absolute atomic E-state index is 0.322. The van der Waals surface area contributed by atoms with Crippen molar-refractivity contribution >= 4 is 34.4 Å². The molecule has 3 nitrogen and oxygen atoms in total. The Hall–Kier alpha value is -0.850. The van der Waals surface area contributed by atoms with E-state index in [9.17, 15) is 9.18 Å². The molecular weight excluding hydrogens is 348 g/mol. The average molecular weight is 365 g/mol. The van der Waals surface area contributed by atoms with Crippen molar-refractivity contribution in [3.8, 4) is 0 Å². The topological polar surface area (TPSA) is 29.5 Å². The Bertz CT molecular complexity index is 400. The highest BCUT2D eigenvalue weighted by atomic mass is 127. The van der Waals surface area contributed by atoms with E-state index in [1.165, 1.54) is 17.0 Å². The van der Waals surface area contributed by atoms with Crippen LogP contribution in [-0.4, -0.2) is 22.7 Å². The maximum Gasteiger partial charge on any atom is 0.414 e. The molecule has 1 rings (SSSR count). The van der Waals surface area contributed by atoms with Gasteiger partial charge in [0.15, 0.2) is 0 Å². The van der Waals surface area contributed by atoms with Crippen molar-refractivity contribution in [3.05, 3.63) is 30.1 Å². The van der Waals surface area contributed by atoms with Gasteiger partial charge in [-0.3, -0.25) is 4.90 Å². The lowest BCUT2D eigenvalue weighted by Gasteiger charge is -2.27. The monoisotopic (exact) mass is 365 g/mol. The van der Waals surface area contributed by atoms with Crippen molar-refractivity contribution < 1.29 is 13.9 Å². The van der Waals surface area contributed by atoms with Crippen LogP contribution in [0.25, 0.3) is 0 Å². The summed E-state index contributed by atoms with van der Waals surface area (Å²) in [6, 6.07) is 5.82. The zero-order valence-electron chi connectivity index (χ0n) is 10.7. The third-order valence-corrected chi connectivity index (χ3v) is 2.54. The summed E-state index contributed by atoms with van der Waals surface area (Å²) in [5.74, 6) is -0.322. The molecule has 0 radical (unpaired) electrons. The van der Waals surface area contributed by atoms with Gasteiger partial charge in [-0.2, -0.15) is 0 Å². The summed E-state index contributed by atoms with van der Waals surface area (Å²) in [5.41, 5.74) is 0.1000. The van der Waals surface area contributed by atoms with Crippen molar-refractivity contribution in [2.24, 2.45) is 0 Å². The Morgan fingerprint density at radius 2 is 1.89 bits per heavy atom. The first-order chi connectivity index (χ1) is 8.33. The zero-order chi connectivity index (χ0) is 13.8. The molecule has 0 N–H and O–H groups in total. The van der Waals surface area contributed by atoms with Crippen LogP contribution >= 0.6 is 22.6 Å². The van der Waals surface area contributed by atoms with Gasteiger partial charge in [0.05, 0.1) is 0 Å². The van der Waals surface area contributed by atoms with E-state index in [1.807, 2.05) is 20.8 Å². The highest BCUT2D eigenvalue weighted by Crippen LogP contribution is 2.18. The molecule has 0 bridgehead atoms. The van der Waals surface area contributed by atoms with Gasteiger partial charge in [-0.15, -0.1) is 0 Å². The Morgan fingerprint density at radius 3 is 2.33 bits per heavy atom. The number of ether oxygens (including phenoxy) is 1. The van der Waals surface area contributed by atoms with Gasteiger partial charge in [-0.25, -0.2) is 9.18 Å². The van der Waals surface area contributed by atoms with Crippen LogP contribution in [0.5, 0.6) is 0 Å². The molecule has 1 aromatic carbocycles. The molecule has 18 heavy (non-hydrogen) atoms. The van der Waals surface area contributed by atoms with Gasteiger partial charge in [0, 0.05) is 16.7 Å². The summed E-state index contributed by atoms with van der Waals surface area (Å²) in [6.45, 7) is 5.98. The predicted octanol–water partition coefficient (Wildman–Crippen LogP) is 4.00. The van der Waals surface area contributed by atoms with E-state index in [1.54, 1.807) is 12.1 Å². The number of carbonyl (C=O) groups excluding carboxylic acids is 1. The number of hydrogen-bond donors (Lipinski definition) is 0. The Morgan fingerprint density at radius 1 is 1.33 bits per heavy atom. The highest BCUT2D eigenvalue weighted by molar-refractivity contribution is 14.1. The standard InChI is InChI=1S/C13H17FINO2/c1-13(2,3)18-12(17)16(9-8-15)11-6-4-10(14)5-7-11/h4-7H,8-9H2,1-3H3. The van der Waals surface area contributed by atoms with Gasteiger partial charge >= 0.3 is 6.09 Å². The van der Waals surface area contributed by atoms with E-state index in [4.69, 9.17) is 4.74 Å². The van der Waals surface area contributed by atoms with Crippen LogP contribution in [0.3, 0.4) is 0 Å². The molecule has 0 unspecified atom stereocenters. The molecule has 100 valence electrons.